The van der Waals surface area contributed by atoms with Crippen LogP contribution in [0.25, 0.3) is 0 Å². The van der Waals surface area contributed by atoms with Gasteiger partial charge in [-0.05, 0) is 42.9 Å². The van der Waals surface area contributed by atoms with Crippen molar-refractivity contribution in [3.63, 3.8) is 0 Å². The zero-order chi connectivity index (χ0) is 15.5. The van der Waals surface area contributed by atoms with Gasteiger partial charge in [-0.25, -0.2) is 8.42 Å². The summed E-state index contributed by atoms with van der Waals surface area (Å²) < 4.78 is 32.0. The summed E-state index contributed by atoms with van der Waals surface area (Å²) in [5.74, 6) is 0.690. The average Bonchev–Trinajstić information content (AvgIpc) is 3.27. The first-order valence-electron chi connectivity index (χ1n) is 7.29. The van der Waals surface area contributed by atoms with E-state index in [1.807, 2.05) is 6.07 Å². The number of nitrogens with two attached hydrogens (primary N) is 1. The molecule has 0 radical (unpaired) electrons. The van der Waals surface area contributed by atoms with Gasteiger partial charge >= 0.3 is 0 Å². The summed E-state index contributed by atoms with van der Waals surface area (Å²) in [5, 5.41) is 0. The Bertz CT molecular complexity index is 583. The lowest BCUT2D eigenvalue weighted by atomic mass is 10.1. The van der Waals surface area contributed by atoms with Gasteiger partial charge in [0.2, 0.25) is 10.0 Å². The Labute approximate surface area is 127 Å². The molecule has 0 aliphatic heterocycles. The summed E-state index contributed by atoms with van der Waals surface area (Å²) in [6, 6.07) is 5.31. The number of hydrogen-bond donors (Lipinski definition) is 1. The average molecular weight is 312 g/mol. The Morgan fingerprint density at radius 2 is 2.10 bits per heavy atom. The molecule has 6 heteroatoms. The van der Waals surface area contributed by atoms with E-state index in [-0.39, 0.29) is 0 Å². The number of hydrogen-bond acceptors (Lipinski definition) is 4. The highest BCUT2D eigenvalue weighted by Crippen LogP contribution is 2.28. The molecule has 0 heterocycles. The summed E-state index contributed by atoms with van der Waals surface area (Å²) in [6.07, 6.45) is 2.47. The van der Waals surface area contributed by atoms with Crippen LogP contribution in [0.5, 0.6) is 0 Å². The number of sulfonamides is 1. The fraction of sp³-hybridized carbons (Fsp3) is 0.600. The highest BCUT2D eigenvalue weighted by atomic mass is 32.2. The van der Waals surface area contributed by atoms with Gasteiger partial charge < -0.3 is 10.5 Å². The van der Waals surface area contributed by atoms with Crippen LogP contribution in [0.3, 0.4) is 0 Å². The molecule has 0 spiro atoms. The monoisotopic (exact) mass is 312 g/mol. The predicted octanol–water partition coefficient (Wildman–Crippen LogP) is 1.50. The van der Waals surface area contributed by atoms with Crippen LogP contribution in [0.15, 0.2) is 23.1 Å². The smallest absolute Gasteiger partial charge is 0.243 e. The van der Waals surface area contributed by atoms with Crippen LogP contribution in [0.2, 0.25) is 0 Å². The van der Waals surface area contributed by atoms with Gasteiger partial charge in [-0.3, -0.25) is 0 Å². The van der Waals surface area contributed by atoms with Crippen molar-refractivity contribution in [2.45, 2.75) is 31.2 Å². The van der Waals surface area contributed by atoms with Crippen molar-refractivity contribution >= 4 is 10.0 Å². The van der Waals surface area contributed by atoms with E-state index in [0.717, 1.165) is 17.7 Å². The lowest BCUT2D eigenvalue weighted by Gasteiger charge is -2.19. The van der Waals surface area contributed by atoms with Gasteiger partial charge in [-0.15, -0.1) is 0 Å². The number of benzene rings is 1. The Morgan fingerprint density at radius 3 is 2.71 bits per heavy atom. The molecule has 1 aromatic rings. The summed E-state index contributed by atoms with van der Waals surface area (Å²) in [4.78, 5) is 0.329. The second kappa shape index (κ2) is 6.87. The molecule has 2 N–H and O–H groups in total. The molecule has 21 heavy (non-hydrogen) atoms. The molecular weight excluding hydrogens is 288 g/mol. The third kappa shape index (κ3) is 4.26. The molecule has 1 saturated carbocycles. The lowest BCUT2D eigenvalue weighted by molar-refractivity contribution is 0.117. The maximum atomic E-state index is 12.6. The fourth-order valence-electron chi connectivity index (χ4n) is 2.07. The van der Waals surface area contributed by atoms with Gasteiger partial charge in [-0.2, -0.15) is 4.31 Å². The molecule has 0 unspecified atom stereocenters. The van der Waals surface area contributed by atoms with Crippen molar-refractivity contribution in [2.75, 3.05) is 26.8 Å². The van der Waals surface area contributed by atoms with Crippen molar-refractivity contribution in [3.05, 3.63) is 29.3 Å². The van der Waals surface area contributed by atoms with Crippen molar-refractivity contribution in [3.8, 4) is 0 Å². The minimum Gasteiger partial charge on any atom is -0.380 e. The normalized spacial score (nSPS) is 15.6. The first-order valence-corrected chi connectivity index (χ1v) is 8.73. The van der Waals surface area contributed by atoms with Crippen molar-refractivity contribution in [1.82, 2.24) is 4.31 Å². The Hall–Kier alpha value is -0.950. The van der Waals surface area contributed by atoms with E-state index >= 15 is 0 Å². The minimum absolute atomic E-state index is 0.329. The van der Waals surface area contributed by atoms with Crippen LogP contribution in [-0.4, -0.2) is 39.5 Å². The van der Waals surface area contributed by atoms with Crippen molar-refractivity contribution in [2.24, 2.45) is 11.7 Å². The van der Waals surface area contributed by atoms with Crippen molar-refractivity contribution in [1.29, 1.82) is 0 Å². The third-order valence-electron chi connectivity index (χ3n) is 3.78. The summed E-state index contributed by atoms with van der Waals surface area (Å²) in [6.45, 7) is 3.67. The molecular formula is C15H24N2O3S. The predicted molar refractivity (Wildman–Crippen MR) is 82.4 cm³/mol. The maximum absolute atomic E-state index is 12.6. The second-order valence-corrected chi connectivity index (χ2v) is 7.66. The van der Waals surface area contributed by atoms with E-state index < -0.39 is 10.0 Å². The van der Waals surface area contributed by atoms with E-state index in [9.17, 15) is 8.42 Å². The summed E-state index contributed by atoms with van der Waals surface area (Å²) >= 11 is 0. The molecule has 1 aliphatic rings. The third-order valence-corrected chi connectivity index (χ3v) is 5.78. The molecule has 5 nitrogen and oxygen atoms in total. The molecule has 1 aromatic carbocycles. The van der Waals surface area contributed by atoms with E-state index in [4.69, 9.17) is 10.5 Å². The molecule has 0 bridgehead atoms. The number of aryl methyl sites for hydroxylation is 1. The van der Waals surface area contributed by atoms with Crippen LogP contribution < -0.4 is 5.73 Å². The van der Waals surface area contributed by atoms with Gasteiger partial charge in [0.25, 0.3) is 0 Å². The topological polar surface area (TPSA) is 72.6 Å². The highest BCUT2D eigenvalue weighted by molar-refractivity contribution is 7.89. The number of rotatable bonds is 8. The van der Waals surface area contributed by atoms with Gasteiger partial charge in [0.05, 0.1) is 11.5 Å². The second-order valence-electron chi connectivity index (χ2n) is 5.65. The highest BCUT2D eigenvalue weighted by Gasteiger charge is 2.24. The zero-order valence-corrected chi connectivity index (χ0v) is 13.5. The molecule has 118 valence electrons. The van der Waals surface area contributed by atoms with E-state index in [1.54, 1.807) is 26.1 Å². The number of likely N-dealkylation sites (N-methyl/N-ethyl adjacent to an activating group) is 1. The van der Waals surface area contributed by atoms with Gasteiger partial charge in [0.15, 0.2) is 0 Å². The van der Waals surface area contributed by atoms with Gasteiger partial charge in [-0.1, -0.05) is 12.1 Å². The first kappa shape index (κ1) is 16.4. The molecule has 1 fully saturated rings. The van der Waals surface area contributed by atoms with Crippen molar-refractivity contribution < 1.29 is 13.2 Å². The molecule has 0 amide bonds. The van der Waals surface area contributed by atoms with E-state index in [2.05, 4.69) is 0 Å². The van der Waals surface area contributed by atoms with Crippen LogP contribution in [0.1, 0.15) is 24.0 Å². The Balaban J connectivity index is 2.01. The summed E-state index contributed by atoms with van der Waals surface area (Å²) in [7, 11) is -1.90. The maximum Gasteiger partial charge on any atom is 0.243 e. The van der Waals surface area contributed by atoms with Crippen LogP contribution in [0, 0.1) is 12.8 Å². The summed E-state index contributed by atoms with van der Waals surface area (Å²) in [5.41, 5.74) is 7.14. The standard InChI is InChI=1S/C15H24N2O3S/c1-12-3-4-14(10-16)9-15(12)21(18,19)17(2)7-8-20-11-13-5-6-13/h3-4,9,13H,5-8,10-11,16H2,1-2H3. The molecule has 0 atom stereocenters. The Kier molecular flexibility index (Phi) is 5.37. The Morgan fingerprint density at radius 1 is 1.38 bits per heavy atom. The molecule has 1 aliphatic carbocycles. The number of nitrogens with zero attached hydrogens (tertiary/aromatic N) is 1. The molecule has 0 saturated heterocycles. The number of ether oxygens (including phenoxy) is 1. The fourth-order valence-corrected chi connectivity index (χ4v) is 3.49. The minimum atomic E-state index is -3.49. The van der Waals surface area contributed by atoms with Gasteiger partial charge in [0.1, 0.15) is 0 Å². The first-order chi connectivity index (χ1) is 9.95. The SMILES string of the molecule is Cc1ccc(CN)cc1S(=O)(=O)N(C)CCOCC1CC1. The zero-order valence-electron chi connectivity index (χ0n) is 12.7. The van der Waals surface area contributed by atoms with Crippen LogP contribution in [-0.2, 0) is 21.3 Å². The quantitative estimate of drug-likeness (QED) is 0.738. The van der Waals surface area contributed by atoms with Crippen LogP contribution in [0.4, 0.5) is 0 Å². The van der Waals surface area contributed by atoms with E-state index in [1.165, 1.54) is 17.1 Å². The van der Waals surface area contributed by atoms with Gasteiger partial charge in [0, 0.05) is 26.7 Å². The lowest BCUT2D eigenvalue weighted by Crippen LogP contribution is -2.31. The molecule has 0 aromatic heterocycles. The molecule has 2 rings (SSSR count). The largest absolute Gasteiger partial charge is 0.380 e. The van der Waals surface area contributed by atoms with Crippen LogP contribution >= 0.6 is 0 Å². The van der Waals surface area contributed by atoms with E-state index in [0.29, 0.717) is 30.5 Å².